The summed E-state index contributed by atoms with van der Waals surface area (Å²) < 4.78 is 0. The fourth-order valence-corrected chi connectivity index (χ4v) is 2.79. The Bertz CT molecular complexity index is 197. The first-order chi connectivity index (χ1) is 6.16. The van der Waals surface area contributed by atoms with E-state index in [1.807, 2.05) is 0 Å². The SMILES string of the molecule is C[C@H]1CC[C@H]2[C@H](O)[C@H](O)[C@@H](CO)N12. The highest BCUT2D eigenvalue weighted by atomic mass is 16.3. The van der Waals surface area contributed by atoms with Gasteiger partial charge in [-0.2, -0.15) is 0 Å². The minimum Gasteiger partial charge on any atom is -0.395 e. The second kappa shape index (κ2) is 3.20. The third-order valence-electron chi connectivity index (χ3n) is 3.48. The van der Waals surface area contributed by atoms with E-state index >= 15 is 0 Å². The summed E-state index contributed by atoms with van der Waals surface area (Å²) in [7, 11) is 0. The number of hydrogen-bond acceptors (Lipinski definition) is 4. The molecule has 0 aromatic rings. The van der Waals surface area contributed by atoms with Crippen molar-refractivity contribution in [1.82, 2.24) is 4.90 Å². The highest BCUT2D eigenvalue weighted by Crippen LogP contribution is 2.36. The quantitative estimate of drug-likeness (QED) is 0.489. The first-order valence-electron chi connectivity index (χ1n) is 4.91. The third-order valence-corrected chi connectivity index (χ3v) is 3.48. The molecule has 0 unspecified atom stereocenters. The van der Waals surface area contributed by atoms with Gasteiger partial charge >= 0.3 is 0 Å². The lowest BCUT2D eigenvalue weighted by molar-refractivity contribution is 0.0132. The van der Waals surface area contributed by atoms with Gasteiger partial charge in [0.15, 0.2) is 0 Å². The average molecular weight is 187 g/mol. The third kappa shape index (κ3) is 1.21. The summed E-state index contributed by atoms with van der Waals surface area (Å²) >= 11 is 0. The van der Waals surface area contributed by atoms with Crippen LogP contribution in [0.2, 0.25) is 0 Å². The van der Waals surface area contributed by atoms with Crippen molar-refractivity contribution in [1.29, 1.82) is 0 Å². The van der Waals surface area contributed by atoms with Gasteiger partial charge in [0.2, 0.25) is 0 Å². The lowest BCUT2D eigenvalue weighted by Crippen LogP contribution is -2.42. The van der Waals surface area contributed by atoms with Crippen LogP contribution in [-0.2, 0) is 0 Å². The van der Waals surface area contributed by atoms with Gasteiger partial charge in [-0.05, 0) is 19.8 Å². The number of aliphatic hydroxyl groups excluding tert-OH is 3. The fraction of sp³-hybridized carbons (Fsp3) is 1.00. The minimum atomic E-state index is -0.780. The zero-order chi connectivity index (χ0) is 9.59. The summed E-state index contributed by atoms with van der Waals surface area (Å²) in [5, 5.41) is 28.4. The molecule has 0 aliphatic carbocycles. The van der Waals surface area contributed by atoms with Crippen LogP contribution in [0.25, 0.3) is 0 Å². The largest absolute Gasteiger partial charge is 0.395 e. The molecule has 0 aromatic carbocycles. The number of nitrogens with zero attached hydrogens (tertiary/aromatic N) is 1. The molecule has 0 bridgehead atoms. The monoisotopic (exact) mass is 187 g/mol. The number of aliphatic hydroxyl groups is 3. The van der Waals surface area contributed by atoms with Gasteiger partial charge in [0.25, 0.3) is 0 Å². The van der Waals surface area contributed by atoms with Crippen molar-refractivity contribution >= 4 is 0 Å². The van der Waals surface area contributed by atoms with Crippen LogP contribution >= 0.6 is 0 Å². The normalized spacial score (nSPS) is 51.2. The minimum absolute atomic E-state index is 0.0575. The second-order valence-electron chi connectivity index (χ2n) is 4.17. The van der Waals surface area contributed by atoms with Crippen molar-refractivity contribution in [3.63, 3.8) is 0 Å². The maximum absolute atomic E-state index is 9.68. The molecule has 3 N–H and O–H groups in total. The van der Waals surface area contributed by atoms with Gasteiger partial charge in [-0.3, -0.25) is 4.90 Å². The Morgan fingerprint density at radius 1 is 1.23 bits per heavy atom. The van der Waals surface area contributed by atoms with Crippen LogP contribution in [0.1, 0.15) is 19.8 Å². The Hall–Kier alpha value is -0.160. The van der Waals surface area contributed by atoms with E-state index in [1.165, 1.54) is 0 Å². The van der Waals surface area contributed by atoms with E-state index in [9.17, 15) is 10.2 Å². The predicted molar refractivity (Wildman–Crippen MR) is 47.2 cm³/mol. The number of hydrogen-bond donors (Lipinski definition) is 3. The summed E-state index contributed by atoms with van der Waals surface area (Å²) in [6.07, 6.45) is 0.515. The van der Waals surface area contributed by atoms with Gasteiger partial charge in [-0.25, -0.2) is 0 Å². The maximum atomic E-state index is 9.68. The Morgan fingerprint density at radius 3 is 2.54 bits per heavy atom. The summed E-state index contributed by atoms with van der Waals surface area (Å²) in [5.74, 6) is 0. The van der Waals surface area contributed by atoms with E-state index in [1.54, 1.807) is 0 Å². The van der Waals surface area contributed by atoms with Gasteiger partial charge in [0, 0.05) is 12.1 Å². The molecule has 13 heavy (non-hydrogen) atoms. The molecule has 4 heteroatoms. The molecule has 2 aliphatic rings. The predicted octanol–water partition coefficient (Wildman–Crippen LogP) is -1.06. The summed E-state index contributed by atoms with van der Waals surface area (Å²) in [4.78, 5) is 2.06. The molecule has 2 rings (SSSR count). The molecule has 0 aromatic heterocycles. The van der Waals surface area contributed by atoms with Crippen LogP contribution in [-0.4, -0.2) is 57.2 Å². The van der Waals surface area contributed by atoms with Crippen LogP contribution in [0, 0.1) is 0 Å². The fourth-order valence-electron chi connectivity index (χ4n) is 2.79. The molecular formula is C9H17NO3. The summed E-state index contributed by atoms with van der Waals surface area (Å²) in [6, 6.07) is 0.161. The molecule has 2 heterocycles. The van der Waals surface area contributed by atoms with Crippen LogP contribution in [0.5, 0.6) is 0 Å². The van der Waals surface area contributed by atoms with E-state index < -0.39 is 12.2 Å². The maximum Gasteiger partial charge on any atom is 0.0991 e. The molecule has 4 nitrogen and oxygen atoms in total. The molecule has 0 radical (unpaired) electrons. The van der Waals surface area contributed by atoms with E-state index in [0.29, 0.717) is 6.04 Å². The number of fused-ring (bicyclic) bond motifs is 1. The van der Waals surface area contributed by atoms with Crippen molar-refractivity contribution in [2.24, 2.45) is 0 Å². The molecule has 0 spiro atoms. The standard InChI is InChI=1S/C9H17NO3/c1-5-2-3-6-8(12)9(13)7(4-11)10(5)6/h5-9,11-13H,2-4H2,1H3/t5-,6-,7+,8-,9+/m0/s1. The number of rotatable bonds is 1. The first kappa shape index (κ1) is 9.40. The highest BCUT2D eigenvalue weighted by molar-refractivity contribution is 5.05. The van der Waals surface area contributed by atoms with Crippen molar-refractivity contribution in [2.45, 2.75) is 50.1 Å². The molecule has 2 saturated heterocycles. The second-order valence-corrected chi connectivity index (χ2v) is 4.17. The Kier molecular flexibility index (Phi) is 2.32. The van der Waals surface area contributed by atoms with Gasteiger partial charge in [0.05, 0.1) is 24.9 Å². The van der Waals surface area contributed by atoms with Crippen molar-refractivity contribution in [3.05, 3.63) is 0 Å². The van der Waals surface area contributed by atoms with E-state index in [0.717, 1.165) is 12.8 Å². The van der Waals surface area contributed by atoms with Gasteiger partial charge in [-0.1, -0.05) is 0 Å². The summed E-state index contributed by atoms with van der Waals surface area (Å²) in [6.45, 7) is 2.01. The molecule has 5 atom stereocenters. The van der Waals surface area contributed by atoms with Crippen LogP contribution in [0.4, 0.5) is 0 Å². The zero-order valence-electron chi connectivity index (χ0n) is 7.80. The van der Waals surface area contributed by atoms with Crippen LogP contribution < -0.4 is 0 Å². The van der Waals surface area contributed by atoms with Crippen molar-refractivity contribution < 1.29 is 15.3 Å². The van der Waals surface area contributed by atoms with Gasteiger partial charge < -0.3 is 15.3 Å². The van der Waals surface area contributed by atoms with Crippen molar-refractivity contribution in [3.8, 4) is 0 Å². The lowest BCUT2D eigenvalue weighted by atomic mass is 10.0. The summed E-state index contributed by atoms with van der Waals surface area (Å²) in [5.41, 5.74) is 0. The first-order valence-corrected chi connectivity index (χ1v) is 4.91. The zero-order valence-corrected chi connectivity index (χ0v) is 7.80. The van der Waals surface area contributed by atoms with E-state index in [4.69, 9.17) is 5.11 Å². The van der Waals surface area contributed by atoms with Crippen LogP contribution in [0.15, 0.2) is 0 Å². The van der Waals surface area contributed by atoms with E-state index in [-0.39, 0.29) is 18.7 Å². The van der Waals surface area contributed by atoms with Gasteiger partial charge in [-0.15, -0.1) is 0 Å². The van der Waals surface area contributed by atoms with Crippen LogP contribution in [0.3, 0.4) is 0 Å². The molecule has 0 saturated carbocycles. The molecule has 76 valence electrons. The van der Waals surface area contributed by atoms with Crippen molar-refractivity contribution in [2.75, 3.05) is 6.61 Å². The topological polar surface area (TPSA) is 63.9 Å². The van der Waals surface area contributed by atoms with Gasteiger partial charge in [0.1, 0.15) is 0 Å². The highest BCUT2D eigenvalue weighted by Gasteiger charge is 2.51. The lowest BCUT2D eigenvalue weighted by Gasteiger charge is -2.27. The molecule has 2 fully saturated rings. The molecule has 2 aliphatic heterocycles. The Balaban J connectivity index is 2.20. The Morgan fingerprint density at radius 2 is 1.92 bits per heavy atom. The average Bonchev–Trinajstić information content (AvgIpc) is 2.58. The molecular weight excluding hydrogens is 170 g/mol. The van der Waals surface area contributed by atoms with E-state index in [2.05, 4.69) is 11.8 Å². The smallest absolute Gasteiger partial charge is 0.0991 e. The Labute approximate surface area is 77.8 Å². The molecule has 0 amide bonds.